The summed E-state index contributed by atoms with van der Waals surface area (Å²) >= 11 is 3.57. The molecular formula is C21H14BrN. The second-order valence-corrected chi connectivity index (χ2v) is 5.93. The normalized spacial score (nSPS) is 9.91. The third-order valence-corrected chi connectivity index (χ3v) is 4.32. The Labute approximate surface area is 144 Å². The van der Waals surface area contributed by atoms with Crippen LogP contribution < -0.4 is 0 Å². The number of nitrogens with zero attached hydrogens (tertiary/aromatic N) is 1. The summed E-state index contributed by atoms with van der Waals surface area (Å²) in [5.74, 6) is 0. The van der Waals surface area contributed by atoms with Crippen LogP contribution in [0.25, 0.3) is 11.1 Å². The third kappa shape index (κ3) is 3.26. The van der Waals surface area contributed by atoms with E-state index in [4.69, 9.17) is 0 Å². The molecule has 3 rings (SSSR count). The molecule has 0 aliphatic heterocycles. The Morgan fingerprint density at radius 2 is 1.17 bits per heavy atom. The van der Waals surface area contributed by atoms with Gasteiger partial charge in [-0.15, -0.1) is 0 Å². The number of halogens is 1. The molecule has 0 aliphatic rings. The average Bonchev–Trinajstić information content (AvgIpc) is 2.62. The molecule has 0 aliphatic carbocycles. The Morgan fingerprint density at radius 3 is 1.65 bits per heavy atom. The molecular weight excluding hydrogens is 346 g/mol. The van der Waals surface area contributed by atoms with E-state index in [9.17, 15) is 5.26 Å². The van der Waals surface area contributed by atoms with Crippen molar-refractivity contribution in [3.63, 3.8) is 0 Å². The van der Waals surface area contributed by atoms with Crippen molar-refractivity contribution in [3.05, 3.63) is 106 Å². The Hall–Kier alpha value is -2.63. The van der Waals surface area contributed by atoms with Gasteiger partial charge in [0.2, 0.25) is 0 Å². The van der Waals surface area contributed by atoms with Crippen LogP contribution in [0.3, 0.4) is 0 Å². The van der Waals surface area contributed by atoms with Crippen molar-refractivity contribution < 1.29 is 0 Å². The van der Waals surface area contributed by atoms with Crippen LogP contribution in [-0.4, -0.2) is 0 Å². The quantitative estimate of drug-likeness (QED) is 0.419. The summed E-state index contributed by atoms with van der Waals surface area (Å²) in [5.41, 5.74) is 4.57. The average molecular weight is 360 g/mol. The Balaban J connectivity index is 2.34. The zero-order chi connectivity index (χ0) is 16.1. The maximum absolute atomic E-state index is 9.87. The molecule has 0 fully saturated rings. The zero-order valence-corrected chi connectivity index (χ0v) is 14.0. The fraction of sp³-hybridized carbons (Fsp3) is 0. The molecule has 0 atom stereocenters. The molecule has 0 saturated carbocycles. The third-order valence-electron chi connectivity index (χ3n) is 3.63. The highest BCUT2D eigenvalue weighted by Gasteiger charge is 2.15. The molecule has 0 spiro atoms. The first-order valence-electron chi connectivity index (χ1n) is 7.31. The van der Waals surface area contributed by atoms with Crippen molar-refractivity contribution in [3.8, 4) is 6.07 Å². The number of benzene rings is 3. The molecule has 3 aromatic rings. The van der Waals surface area contributed by atoms with Gasteiger partial charge < -0.3 is 0 Å². The van der Waals surface area contributed by atoms with Crippen LogP contribution in [0.2, 0.25) is 0 Å². The van der Waals surface area contributed by atoms with Crippen molar-refractivity contribution in [2.45, 2.75) is 0 Å². The fourth-order valence-electron chi connectivity index (χ4n) is 2.58. The first-order valence-corrected chi connectivity index (χ1v) is 8.10. The number of hydrogen-bond donors (Lipinski definition) is 0. The highest BCUT2D eigenvalue weighted by Crippen LogP contribution is 2.34. The van der Waals surface area contributed by atoms with E-state index in [1.54, 1.807) is 0 Å². The molecule has 3 aromatic carbocycles. The molecule has 2 heteroatoms. The van der Waals surface area contributed by atoms with Gasteiger partial charge in [-0.1, -0.05) is 94.8 Å². The number of hydrogen-bond acceptors (Lipinski definition) is 1. The Kier molecular flexibility index (Phi) is 4.71. The van der Waals surface area contributed by atoms with E-state index >= 15 is 0 Å². The zero-order valence-electron chi connectivity index (χ0n) is 12.4. The molecule has 0 radical (unpaired) electrons. The largest absolute Gasteiger partial charge is 0.192 e. The lowest BCUT2D eigenvalue weighted by Gasteiger charge is -2.13. The van der Waals surface area contributed by atoms with Crippen LogP contribution in [-0.2, 0) is 0 Å². The number of allylic oxidation sites excluding steroid dienone is 1. The van der Waals surface area contributed by atoms with Gasteiger partial charge in [0, 0.05) is 15.6 Å². The molecule has 0 bridgehead atoms. The van der Waals surface area contributed by atoms with Gasteiger partial charge in [0.25, 0.3) is 0 Å². The number of nitriles is 1. The van der Waals surface area contributed by atoms with Gasteiger partial charge in [-0.3, -0.25) is 0 Å². The van der Waals surface area contributed by atoms with Crippen LogP contribution in [0.5, 0.6) is 0 Å². The van der Waals surface area contributed by atoms with Crippen molar-refractivity contribution >= 4 is 27.1 Å². The van der Waals surface area contributed by atoms with Gasteiger partial charge in [-0.2, -0.15) is 5.26 Å². The molecule has 0 saturated heterocycles. The molecule has 0 amide bonds. The lowest BCUT2D eigenvalue weighted by Crippen LogP contribution is -1.94. The second kappa shape index (κ2) is 7.09. The van der Waals surface area contributed by atoms with E-state index in [1.807, 2.05) is 84.9 Å². The summed E-state index contributed by atoms with van der Waals surface area (Å²) in [6.07, 6.45) is 0. The van der Waals surface area contributed by atoms with Gasteiger partial charge in [0.1, 0.15) is 6.07 Å². The van der Waals surface area contributed by atoms with Crippen molar-refractivity contribution in [1.29, 1.82) is 5.26 Å². The summed E-state index contributed by atoms with van der Waals surface area (Å²) in [7, 11) is 0. The monoisotopic (exact) mass is 359 g/mol. The van der Waals surface area contributed by atoms with Crippen LogP contribution in [0.1, 0.15) is 16.7 Å². The highest BCUT2D eigenvalue weighted by atomic mass is 79.9. The van der Waals surface area contributed by atoms with Crippen molar-refractivity contribution in [2.75, 3.05) is 0 Å². The predicted octanol–water partition coefficient (Wildman–Crippen LogP) is 5.93. The van der Waals surface area contributed by atoms with Gasteiger partial charge in [0.05, 0.1) is 5.57 Å². The van der Waals surface area contributed by atoms with E-state index in [0.29, 0.717) is 5.57 Å². The lowest BCUT2D eigenvalue weighted by molar-refractivity contribution is 1.49. The summed E-state index contributed by atoms with van der Waals surface area (Å²) in [5, 5.41) is 9.87. The van der Waals surface area contributed by atoms with E-state index < -0.39 is 0 Å². The Bertz CT molecular complexity index is 833. The maximum Gasteiger partial charge on any atom is 0.100 e. The molecule has 23 heavy (non-hydrogen) atoms. The lowest BCUT2D eigenvalue weighted by atomic mass is 9.90. The van der Waals surface area contributed by atoms with E-state index in [1.165, 1.54) is 0 Å². The molecule has 0 heterocycles. The summed E-state index contributed by atoms with van der Waals surface area (Å²) in [4.78, 5) is 0. The molecule has 0 N–H and O–H groups in total. The summed E-state index contributed by atoms with van der Waals surface area (Å²) in [6, 6.07) is 30.3. The molecule has 110 valence electrons. The maximum atomic E-state index is 9.87. The van der Waals surface area contributed by atoms with Crippen LogP contribution in [0.15, 0.2) is 89.4 Å². The van der Waals surface area contributed by atoms with E-state index in [2.05, 4.69) is 22.0 Å². The first-order chi connectivity index (χ1) is 11.3. The second-order valence-electron chi connectivity index (χ2n) is 5.07. The topological polar surface area (TPSA) is 23.8 Å². The van der Waals surface area contributed by atoms with E-state index in [0.717, 1.165) is 26.7 Å². The summed E-state index contributed by atoms with van der Waals surface area (Å²) in [6.45, 7) is 0. The minimum atomic E-state index is 0.662. The predicted molar refractivity (Wildman–Crippen MR) is 98.6 cm³/mol. The smallest absolute Gasteiger partial charge is 0.100 e. The van der Waals surface area contributed by atoms with Crippen molar-refractivity contribution in [2.24, 2.45) is 0 Å². The minimum Gasteiger partial charge on any atom is -0.192 e. The van der Waals surface area contributed by atoms with Crippen LogP contribution in [0, 0.1) is 11.3 Å². The van der Waals surface area contributed by atoms with Gasteiger partial charge in [-0.25, -0.2) is 0 Å². The van der Waals surface area contributed by atoms with Gasteiger partial charge in [-0.05, 0) is 17.2 Å². The SMILES string of the molecule is N#CC(=C(c1ccccc1)c1ccccc1)c1ccccc1Br. The van der Waals surface area contributed by atoms with Gasteiger partial charge >= 0.3 is 0 Å². The van der Waals surface area contributed by atoms with Crippen molar-refractivity contribution in [1.82, 2.24) is 0 Å². The van der Waals surface area contributed by atoms with Gasteiger partial charge in [0.15, 0.2) is 0 Å². The molecule has 1 nitrogen and oxygen atoms in total. The first kappa shape index (κ1) is 15.3. The number of rotatable bonds is 3. The fourth-order valence-corrected chi connectivity index (χ4v) is 3.06. The minimum absolute atomic E-state index is 0.662. The van der Waals surface area contributed by atoms with Crippen LogP contribution in [0.4, 0.5) is 0 Å². The Morgan fingerprint density at radius 1 is 0.696 bits per heavy atom. The van der Waals surface area contributed by atoms with E-state index in [-0.39, 0.29) is 0 Å². The molecule has 0 unspecified atom stereocenters. The highest BCUT2D eigenvalue weighted by molar-refractivity contribution is 9.10. The van der Waals surface area contributed by atoms with Crippen LogP contribution >= 0.6 is 15.9 Å². The molecule has 0 aromatic heterocycles. The standard InChI is InChI=1S/C21H14BrN/c22-20-14-8-7-13-18(20)19(15-23)21(16-9-3-1-4-10-16)17-11-5-2-6-12-17/h1-14H. The summed E-state index contributed by atoms with van der Waals surface area (Å²) < 4.78 is 0.918.